The Morgan fingerprint density at radius 2 is 1.91 bits per heavy atom. The molecule has 7 heteroatoms. The Kier molecular flexibility index (Phi) is 5.70. The second kappa shape index (κ2) is 7.73. The largest absolute Gasteiger partial charge is 0.355 e. The average Bonchev–Trinajstić information content (AvgIpc) is 2.53. The second-order valence-corrected chi connectivity index (χ2v) is 5.59. The topological polar surface area (TPSA) is 58.2 Å². The lowest BCUT2D eigenvalue weighted by molar-refractivity contribution is -0.113. The normalized spacial score (nSPS) is 10.2. The van der Waals surface area contributed by atoms with E-state index in [0.29, 0.717) is 11.3 Å². The van der Waals surface area contributed by atoms with Gasteiger partial charge in [-0.3, -0.25) is 9.59 Å². The summed E-state index contributed by atoms with van der Waals surface area (Å²) in [4.78, 5) is 23.6. The van der Waals surface area contributed by atoms with E-state index in [2.05, 4.69) is 10.6 Å². The van der Waals surface area contributed by atoms with Crippen molar-refractivity contribution in [1.82, 2.24) is 5.32 Å². The van der Waals surface area contributed by atoms with E-state index in [1.54, 1.807) is 24.3 Å². The number of rotatable bonds is 5. The molecular weight excluding hydrogens is 322 g/mol. The zero-order chi connectivity index (χ0) is 16.8. The van der Waals surface area contributed by atoms with Crippen molar-refractivity contribution in [3.05, 3.63) is 59.7 Å². The van der Waals surface area contributed by atoms with Crippen molar-refractivity contribution >= 4 is 29.3 Å². The molecule has 2 rings (SSSR count). The number of thioether (sulfide) groups is 1. The van der Waals surface area contributed by atoms with Gasteiger partial charge in [0.15, 0.2) is 0 Å². The first-order valence-corrected chi connectivity index (χ1v) is 7.68. The van der Waals surface area contributed by atoms with E-state index in [1.807, 2.05) is 0 Å². The first-order chi connectivity index (χ1) is 11.0. The minimum absolute atomic E-state index is 0.0350. The third-order valence-corrected chi connectivity index (χ3v) is 3.94. The molecule has 0 saturated heterocycles. The minimum atomic E-state index is -0.704. The van der Waals surface area contributed by atoms with Gasteiger partial charge in [-0.05, 0) is 30.3 Å². The molecule has 0 bridgehead atoms. The predicted octanol–water partition coefficient (Wildman–Crippen LogP) is 3.06. The van der Waals surface area contributed by atoms with Gasteiger partial charge in [-0.1, -0.05) is 6.07 Å². The summed E-state index contributed by atoms with van der Waals surface area (Å²) in [5.41, 5.74) is 0.888. The number of carbonyl (C=O) groups excluding carboxylic acids is 2. The number of amides is 2. The Balaban J connectivity index is 1.96. The lowest BCUT2D eigenvalue weighted by Gasteiger charge is -2.07. The van der Waals surface area contributed by atoms with Gasteiger partial charge in [0, 0.05) is 29.3 Å². The van der Waals surface area contributed by atoms with Crippen LogP contribution in [0.4, 0.5) is 14.5 Å². The van der Waals surface area contributed by atoms with Gasteiger partial charge in [0.1, 0.15) is 11.6 Å². The highest BCUT2D eigenvalue weighted by atomic mass is 32.2. The molecule has 2 N–H and O–H groups in total. The van der Waals surface area contributed by atoms with E-state index in [9.17, 15) is 18.4 Å². The molecular formula is C16H14F2N2O2S. The van der Waals surface area contributed by atoms with Gasteiger partial charge in [-0.2, -0.15) is 0 Å². The Bertz CT molecular complexity index is 738. The van der Waals surface area contributed by atoms with Gasteiger partial charge in [0.05, 0.1) is 5.75 Å². The standard InChI is InChI=1S/C16H14F2N2O2S/c1-19-16(22)10-3-2-4-12(7-10)20-15(21)9-23-14-6-5-11(17)8-13(14)18/h2-8H,9H2,1H3,(H,19,22)(H,20,21). The number of nitrogens with one attached hydrogen (secondary N) is 2. The molecule has 4 nitrogen and oxygen atoms in total. The fraction of sp³-hybridized carbons (Fsp3) is 0.125. The number of benzene rings is 2. The molecule has 0 heterocycles. The number of carbonyl (C=O) groups is 2. The summed E-state index contributed by atoms with van der Waals surface area (Å²) in [5.74, 6) is -2.02. The van der Waals surface area contributed by atoms with Crippen molar-refractivity contribution in [2.24, 2.45) is 0 Å². The molecule has 0 unspecified atom stereocenters. The molecule has 2 amide bonds. The van der Waals surface area contributed by atoms with Crippen LogP contribution < -0.4 is 10.6 Å². The second-order valence-electron chi connectivity index (χ2n) is 4.57. The lowest BCUT2D eigenvalue weighted by Crippen LogP contribution is -2.19. The Morgan fingerprint density at radius 1 is 1.13 bits per heavy atom. The van der Waals surface area contributed by atoms with E-state index >= 15 is 0 Å². The zero-order valence-corrected chi connectivity index (χ0v) is 13.0. The Labute approximate surface area is 136 Å². The van der Waals surface area contributed by atoms with Crippen LogP contribution in [0.25, 0.3) is 0 Å². The van der Waals surface area contributed by atoms with Crippen LogP contribution in [0.15, 0.2) is 47.4 Å². The van der Waals surface area contributed by atoms with Crippen LogP contribution >= 0.6 is 11.8 Å². The van der Waals surface area contributed by atoms with Crippen molar-refractivity contribution in [2.75, 3.05) is 18.1 Å². The molecule has 2 aromatic rings. The highest BCUT2D eigenvalue weighted by Crippen LogP contribution is 2.22. The maximum Gasteiger partial charge on any atom is 0.251 e. The first-order valence-electron chi connectivity index (χ1n) is 6.69. The summed E-state index contributed by atoms with van der Waals surface area (Å²) in [6.45, 7) is 0. The maximum absolute atomic E-state index is 13.5. The van der Waals surface area contributed by atoms with Crippen LogP contribution in [0.2, 0.25) is 0 Å². The Morgan fingerprint density at radius 3 is 2.61 bits per heavy atom. The monoisotopic (exact) mass is 336 g/mol. The van der Waals surface area contributed by atoms with Crippen LogP contribution in [0.1, 0.15) is 10.4 Å². The predicted molar refractivity (Wildman–Crippen MR) is 85.5 cm³/mol. The molecule has 0 aliphatic rings. The molecule has 0 spiro atoms. The SMILES string of the molecule is CNC(=O)c1cccc(NC(=O)CSc2ccc(F)cc2F)c1. The molecule has 0 saturated carbocycles. The van der Waals surface area contributed by atoms with Crippen LogP contribution in [0.5, 0.6) is 0 Å². The summed E-state index contributed by atoms with van der Waals surface area (Å²) in [6, 6.07) is 9.65. The Hall–Kier alpha value is -2.41. The molecule has 0 aromatic heterocycles. The van der Waals surface area contributed by atoms with Crippen LogP contribution in [0, 0.1) is 11.6 Å². The van der Waals surface area contributed by atoms with Gasteiger partial charge in [0.25, 0.3) is 5.91 Å². The fourth-order valence-corrected chi connectivity index (χ4v) is 2.54. The third-order valence-electron chi connectivity index (χ3n) is 2.89. The smallest absolute Gasteiger partial charge is 0.251 e. The number of hydrogen-bond donors (Lipinski definition) is 2. The highest BCUT2D eigenvalue weighted by molar-refractivity contribution is 8.00. The first kappa shape index (κ1) is 17.0. The fourth-order valence-electron chi connectivity index (χ4n) is 1.82. The number of anilines is 1. The number of hydrogen-bond acceptors (Lipinski definition) is 3. The van der Waals surface area contributed by atoms with Gasteiger partial charge in [0.2, 0.25) is 5.91 Å². The summed E-state index contributed by atoms with van der Waals surface area (Å²) in [7, 11) is 1.52. The third kappa shape index (κ3) is 4.79. The van der Waals surface area contributed by atoms with E-state index in [-0.39, 0.29) is 22.5 Å². The van der Waals surface area contributed by atoms with Crippen LogP contribution in [0.3, 0.4) is 0 Å². The van der Waals surface area contributed by atoms with E-state index in [1.165, 1.54) is 13.1 Å². The summed E-state index contributed by atoms with van der Waals surface area (Å²) in [5, 5.41) is 5.12. The molecule has 0 radical (unpaired) electrons. The van der Waals surface area contributed by atoms with Crippen molar-refractivity contribution in [1.29, 1.82) is 0 Å². The molecule has 23 heavy (non-hydrogen) atoms. The van der Waals surface area contributed by atoms with Gasteiger partial charge < -0.3 is 10.6 Å². The van der Waals surface area contributed by atoms with Crippen molar-refractivity contribution in [3.63, 3.8) is 0 Å². The molecule has 120 valence electrons. The molecule has 0 atom stereocenters. The highest BCUT2D eigenvalue weighted by Gasteiger charge is 2.09. The average molecular weight is 336 g/mol. The summed E-state index contributed by atoms with van der Waals surface area (Å²) >= 11 is 0.965. The molecule has 2 aromatic carbocycles. The summed E-state index contributed by atoms with van der Waals surface area (Å²) in [6.07, 6.45) is 0. The lowest BCUT2D eigenvalue weighted by atomic mass is 10.2. The van der Waals surface area contributed by atoms with E-state index in [4.69, 9.17) is 0 Å². The molecule has 0 fully saturated rings. The summed E-state index contributed by atoms with van der Waals surface area (Å²) < 4.78 is 26.3. The van der Waals surface area contributed by atoms with Crippen molar-refractivity contribution in [2.45, 2.75) is 4.90 Å². The minimum Gasteiger partial charge on any atom is -0.355 e. The maximum atomic E-state index is 13.5. The van der Waals surface area contributed by atoms with E-state index in [0.717, 1.165) is 23.9 Å². The van der Waals surface area contributed by atoms with Gasteiger partial charge in [-0.15, -0.1) is 11.8 Å². The molecule has 0 aliphatic carbocycles. The van der Waals surface area contributed by atoms with Crippen molar-refractivity contribution in [3.8, 4) is 0 Å². The zero-order valence-electron chi connectivity index (χ0n) is 12.2. The quantitative estimate of drug-likeness (QED) is 0.825. The molecule has 0 aliphatic heterocycles. The van der Waals surface area contributed by atoms with Gasteiger partial charge >= 0.3 is 0 Å². The van der Waals surface area contributed by atoms with Crippen molar-refractivity contribution < 1.29 is 18.4 Å². The van der Waals surface area contributed by atoms with Crippen LogP contribution in [-0.4, -0.2) is 24.6 Å². The number of halogens is 2. The van der Waals surface area contributed by atoms with E-state index < -0.39 is 11.6 Å². The van der Waals surface area contributed by atoms with Crippen LogP contribution in [-0.2, 0) is 4.79 Å². The van der Waals surface area contributed by atoms with Gasteiger partial charge in [-0.25, -0.2) is 8.78 Å².